The zero-order chi connectivity index (χ0) is 7.49. The Labute approximate surface area is 63.1 Å². The van der Waals surface area contributed by atoms with E-state index in [2.05, 4.69) is 38.0 Å². The minimum Gasteiger partial charge on any atom is -0.229 e. The highest BCUT2D eigenvalue weighted by Crippen LogP contribution is 2.19. The van der Waals surface area contributed by atoms with Crippen molar-refractivity contribution < 1.29 is 0 Å². The zero-order valence-corrected chi connectivity index (χ0v) is 7.50. The lowest BCUT2D eigenvalue weighted by atomic mass is 9.90. The Kier molecular flexibility index (Phi) is 3.26. The molecule has 0 N–H and O–H groups in total. The number of nitrogens with zero attached hydrogens (tertiary/aromatic N) is 1. The van der Waals surface area contributed by atoms with Crippen LogP contribution < -0.4 is 0 Å². The van der Waals surface area contributed by atoms with Gasteiger partial charge in [0.2, 0.25) is 0 Å². The fraction of sp³-hybridized carbons (Fsp3) is 0.857. The van der Waals surface area contributed by atoms with Gasteiger partial charge in [-0.25, -0.2) is 4.40 Å². The smallest absolute Gasteiger partial charge is 0.0233 e. The summed E-state index contributed by atoms with van der Waals surface area (Å²) >= 11 is 3.82. The van der Waals surface area contributed by atoms with E-state index in [0.29, 0.717) is 5.41 Å². The lowest BCUT2D eigenvalue weighted by Gasteiger charge is -2.16. The SMILES string of the molecule is C/C(CC(C)(C)C)=N/S. The third kappa shape index (κ3) is 5.90. The van der Waals surface area contributed by atoms with Crippen LogP contribution in [0.4, 0.5) is 0 Å². The highest BCUT2D eigenvalue weighted by molar-refractivity contribution is 7.79. The summed E-state index contributed by atoms with van der Waals surface area (Å²) in [6, 6.07) is 0. The van der Waals surface area contributed by atoms with Gasteiger partial charge in [-0.2, -0.15) is 0 Å². The van der Waals surface area contributed by atoms with Crippen LogP contribution in [0.1, 0.15) is 34.1 Å². The van der Waals surface area contributed by atoms with Crippen molar-refractivity contribution in [2.45, 2.75) is 34.1 Å². The van der Waals surface area contributed by atoms with E-state index in [4.69, 9.17) is 0 Å². The Morgan fingerprint density at radius 2 is 1.89 bits per heavy atom. The van der Waals surface area contributed by atoms with Gasteiger partial charge in [-0.05, 0) is 31.6 Å². The van der Waals surface area contributed by atoms with Gasteiger partial charge in [0.05, 0.1) is 0 Å². The van der Waals surface area contributed by atoms with Gasteiger partial charge in [-0.15, -0.1) is 0 Å². The first kappa shape index (κ1) is 9.02. The third-order valence-electron chi connectivity index (χ3n) is 0.957. The molecule has 0 aromatic heterocycles. The van der Waals surface area contributed by atoms with Gasteiger partial charge in [0.25, 0.3) is 0 Å². The molecule has 0 amide bonds. The summed E-state index contributed by atoms with van der Waals surface area (Å²) in [5, 5.41) is 0. The zero-order valence-electron chi connectivity index (χ0n) is 6.60. The van der Waals surface area contributed by atoms with Gasteiger partial charge in [0.1, 0.15) is 0 Å². The maximum atomic E-state index is 3.82. The molecule has 0 aliphatic carbocycles. The summed E-state index contributed by atoms with van der Waals surface area (Å²) in [5.41, 5.74) is 1.45. The molecule has 2 heteroatoms. The molecule has 54 valence electrons. The Bertz CT molecular complexity index is 111. The second kappa shape index (κ2) is 3.25. The lowest BCUT2D eigenvalue weighted by Crippen LogP contribution is -2.09. The van der Waals surface area contributed by atoms with Crippen LogP contribution in [-0.4, -0.2) is 5.71 Å². The second-order valence-electron chi connectivity index (χ2n) is 3.57. The van der Waals surface area contributed by atoms with Crippen molar-refractivity contribution in [1.82, 2.24) is 0 Å². The van der Waals surface area contributed by atoms with Crippen LogP contribution in [-0.2, 0) is 0 Å². The highest BCUT2D eigenvalue weighted by atomic mass is 32.1. The first-order chi connectivity index (χ1) is 3.95. The number of hydrogen-bond acceptors (Lipinski definition) is 2. The van der Waals surface area contributed by atoms with Crippen molar-refractivity contribution >= 4 is 18.5 Å². The van der Waals surface area contributed by atoms with Gasteiger partial charge in [-0.3, -0.25) is 0 Å². The highest BCUT2D eigenvalue weighted by Gasteiger charge is 2.10. The summed E-state index contributed by atoms with van der Waals surface area (Å²) in [6.07, 6.45) is 1.02. The van der Waals surface area contributed by atoms with Crippen molar-refractivity contribution in [1.29, 1.82) is 0 Å². The Morgan fingerprint density at radius 1 is 1.44 bits per heavy atom. The van der Waals surface area contributed by atoms with Gasteiger partial charge in [-0.1, -0.05) is 20.8 Å². The van der Waals surface area contributed by atoms with Crippen LogP contribution >= 0.6 is 12.8 Å². The monoisotopic (exact) mass is 145 g/mol. The summed E-state index contributed by atoms with van der Waals surface area (Å²) in [4.78, 5) is 0. The summed E-state index contributed by atoms with van der Waals surface area (Å²) in [6.45, 7) is 8.57. The van der Waals surface area contributed by atoms with E-state index in [1.165, 1.54) is 0 Å². The Morgan fingerprint density at radius 3 is 2.00 bits per heavy atom. The first-order valence-corrected chi connectivity index (χ1v) is 3.53. The maximum absolute atomic E-state index is 3.82. The summed E-state index contributed by atoms with van der Waals surface area (Å²) in [5.74, 6) is 0. The molecule has 0 atom stereocenters. The Hall–Kier alpha value is 0.0200. The van der Waals surface area contributed by atoms with Crippen LogP contribution in [0.5, 0.6) is 0 Å². The molecule has 0 heterocycles. The first-order valence-electron chi connectivity index (χ1n) is 3.13. The van der Waals surface area contributed by atoms with Crippen LogP contribution in [0, 0.1) is 5.41 Å². The van der Waals surface area contributed by atoms with Crippen LogP contribution in [0.3, 0.4) is 0 Å². The molecule has 9 heavy (non-hydrogen) atoms. The van der Waals surface area contributed by atoms with Crippen molar-refractivity contribution in [3.63, 3.8) is 0 Å². The fourth-order valence-corrected chi connectivity index (χ4v) is 0.874. The molecule has 0 aliphatic heterocycles. The summed E-state index contributed by atoms with van der Waals surface area (Å²) in [7, 11) is 0. The average Bonchev–Trinajstić information content (AvgIpc) is 1.62. The van der Waals surface area contributed by atoms with E-state index in [1.807, 2.05) is 6.92 Å². The number of thiol groups is 1. The second-order valence-corrected chi connectivity index (χ2v) is 3.77. The van der Waals surface area contributed by atoms with E-state index in [1.54, 1.807) is 0 Å². The normalized spacial score (nSPS) is 14.1. The molecular formula is C7H15NS. The Balaban J connectivity index is 3.75. The molecule has 1 nitrogen and oxygen atoms in total. The molecule has 0 unspecified atom stereocenters. The number of hydrogen-bond donors (Lipinski definition) is 1. The molecule has 0 aromatic carbocycles. The van der Waals surface area contributed by atoms with Crippen molar-refractivity contribution in [2.75, 3.05) is 0 Å². The molecule has 0 saturated heterocycles. The average molecular weight is 145 g/mol. The van der Waals surface area contributed by atoms with E-state index in [0.717, 1.165) is 12.1 Å². The van der Waals surface area contributed by atoms with Gasteiger partial charge >= 0.3 is 0 Å². The molecule has 0 fully saturated rings. The molecule has 0 aliphatic rings. The van der Waals surface area contributed by atoms with Crippen molar-refractivity contribution in [3.05, 3.63) is 0 Å². The molecule has 0 saturated carbocycles. The van der Waals surface area contributed by atoms with Crippen molar-refractivity contribution in [3.8, 4) is 0 Å². The molecule has 0 spiro atoms. The topological polar surface area (TPSA) is 12.4 Å². The van der Waals surface area contributed by atoms with Gasteiger partial charge in [0, 0.05) is 5.71 Å². The molecule has 0 rings (SSSR count). The fourth-order valence-electron chi connectivity index (χ4n) is 0.803. The van der Waals surface area contributed by atoms with E-state index < -0.39 is 0 Å². The van der Waals surface area contributed by atoms with E-state index in [9.17, 15) is 0 Å². The number of rotatable bonds is 1. The molecule has 0 radical (unpaired) electrons. The maximum Gasteiger partial charge on any atom is 0.0233 e. The predicted molar refractivity (Wildman–Crippen MR) is 46.2 cm³/mol. The van der Waals surface area contributed by atoms with Gasteiger partial charge in [0.15, 0.2) is 0 Å². The van der Waals surface area contributed by atoms with Crippen LogP contribution in [0.25, 0.3) is 0 Å². The third-order valence-corrected chi connectivity index (χ3v) is 1.30. The largest absolute Gasteiger partial charge is 0.229 e. The minimum atomic E-state index is 0.344. The van der Waals surface area contributed by atoms with Crippen LogP contribution in [0.2, 0.25) is 0 Å². The van der Waals surface area contributed by atoms with E-state index >= 15 is 0 Å². The quantitative estimate of drug-likeness (QED) is 0.430. The predicted octanol–water partition coefficient (Wildman–Crippen LogP) is 2.73. The standard InChI is InChI=1S/C7H15NS/c1-6(8-9)5-7(2,3)4/h9H,5H2,1-4H3/b8-6-. The van der Waals surface area contributed by atoms with Crippen LogP contribution in [0.15, 0.2) is 4.40 Å². The lowest BCUT2D eigenvalue weighted by molar-refractivity contribution is 0.433. The van der Waals surface area contributed by atoms with E-state index in [-0.39, 0.29) is 0 Å². The molecule has 0 bridgehead atoms. The van der Waals surface area contributed by atoms with Crippen molar-refractivity contribution in [2.24, 2.45) is 9.81 Å². The summed E-state index contributed by atoms with van der Waals surface area (Å²) < 4.78 is 3.78. The van der Waals surface area contributed by atoms with Gasteiger partial charge < -0.3 is 0 Å². The molecular weight excluding hydrogens is 130 g/mol. The minimum absolute atomic E-state index is 0.344. The molecule has 0 aromatic rings.